The third-order valence-corrected chi connectivity index (χ3v) is 4.01. The Morgan fingerprint density at radius 2 is 1.88 bits per heavy atom. The molecule has 0 unspecified atom stereocenters. The van der Waals surface area contributed by atoms with Crippen molar-refractivity contribution in [1.29, 1.82) is 0 Å². The van der Waals surface area contributed by atoms with Crippen molar-refractivity contribution < 1.29 is 18.7 Å². The summed E-state index contributed by atoms with van der Waals surface area (Å²) in [6.07, 6.45) is 0. The molecule has 2 aromatic rings. The average Bonchev–Trinajstić information content (AvgIpc) is 2.57. The van der Waals surface area contributed by atoms with Gasteiger partial charge in [-0.15, -0.1) is 0 Å². The summed E-state index contributed by atoms with van der Waals surface area (Å²) in [5.41, 5.74) is 1.13. The van der Waals surface area contributed by atoms with Crippen LogP contribution in [-0.2, 0) is 11.3 Å². The smallest absolute Gasteiger partial charge is 0.238 e. The fraction of sp³-hybridized carbons (Fsp3) is 0.278. The van der Waals surface area contributed by atoms with E-state index >= 15 is 0 Å². The number of ether oxygens (including phenoxy) is 2. The molecule has 7 heteroatoms. The van der Waals surface area contributed by atoms with Gasteiger partial charge in [0.25, 0.3) is 0 Å². The van der Waals surface area contributed by atoms with Crippen molar-refractivity contribution in [2.45, 2.75) is 6.54 Å². The van der Waals surface area contributed by atoms with Crippen LogP contribution in [0.25, 0.3) is 0 Å². The highest BCUT2D eigenvalue weighted by atomic mass is 79.9. The predicted octanol–water partition coefficient (Wildman–Crippen LogP) is 3.68. The van der Waals surface area contributed by atoms with Gasteiger partial charge in [-0.05, 0) is 42.9 Å². The van der Waals surface area contributed by atoms with Gasteiger partial charge in [-0.25, -0.2) is 4.39 Å². The molecule has 0 aromatic heterocycles. The number of anilines is 1. The summed E-state index contributed by atoms with van der Waals surface area (Å²) in [5.74, 6) is 0.515. The average molecular weight is 411 g/mol. The molecule has 0 saturated carbocycles. The molecule has 2 rings (SSSR count). The molecule has 2 aromatic carbocycles. The van der Waals surface area contributed by atoms with Crippen LogP contribution in [0.4, 0.5) is 10.1 Å². The quantitative estimate of drug-likeness (QED) is 0.756. The van der Waals surface area contributed by atoms with Crippen LogP contribution >= 0.6 is 15.9 Å². The Labute approximate surface area is 154 Å². The first kappa shape index (κ1) is 19.2. The van der Waals surface area contributed by atoms with Crippen molar-refractivity contribution in [3.8, 4) is 11.5 Å². The van der Waals surface area contributed by atoms with Crippen molar-refractivity contribution in [1.82, 2.24) is 4.90 Å². The van der Waals surface area contributed by atoms with Crippen LogP contribution in [0.5, 0.6) is 11.5 Å². The summed E-state index contributed by atoms with van der Waals surface area (Å²) in [6.45, 7) is 0.667. The van der Waals surface area contributed by atoms with E-state index in [0.717, 1.165) is 5.56 Å². The van der Waals surface area contributed by atoms with Crippen molar-refractivity contribution in [3.63, 3.8) is 0 Å². The Morgan fingerprint density at radius 1 is 1.16 bits per heavy atom. The molecule has 0 radical (unpaired) electrons. The number of amides is 1. The van der Waals surface area contributed by atoms with E-state index in [2.05, 4.69) is 21.2 Å². The summed E-state index contributed by atoms with van der Waals surface area (Å²) < 4.78 is 24.9. The van der Waals surface area contributed by atoms with Gasteiger partial charge in [0.1, 0.15) is 5.82 Å². The number of likely N-dealkylation sites (N-methyl/N-ethyl adjacent to an activating group) is 1. The molecule has 0 atom stereocenters. The van der Waals surface area contributed by atoms with E-state index in [-0.39, 0.29) is 18.1 Å². The fourth-order valence-corrected chi connectivity index (χ4v) is 2.71. The lowest BCUT2D eigenvalue weighted by atomic mass is 10.2. The third-order valence-electron chi connectivity index (χ3n) is 3.52. The standard InChI is InChI=1S/C18H20BrFN2O3/c1-22(10-12-4-7-16(24-2)17(8-12)25-3)11-18(23)21-15-6-5-13(19)9-14(15)20/h4-9H,10-11H2,1-3H3,(H,21,23). The lowest BCUT2D eigenvalue weighted by molar-refractivity contribution is -0.117. The SMILES string of the molecule is COc1ccc(CN(C)CC(=O)Nc2ccc(Br)cc2F)cc1OC. The highest BCUT2D eigenvalue weighted by molar-refractivity contribution is 9.10. The van der Waals surface area contributed by atoms with Gasteiger partial charge >= 0.3 is 0 Å². The van der Waals surface area contributed by atoms with E-state index in [9.17, 15) is 9.18 Å². The third kappa shape index (κ3) is 5.44. The van der Waals surface area contributed by atoms with Crippen LogP contribution in [0.3, 0.4) is 0 Å². The topological polar surface area (TPSA) is 50.8 Å². The number of benzene rings is 2. The van der Waals surface area contributed by atoms with Gasteiger partial charge in [-0.1, -0.05) is 22.0 Å². The number of methoxy groups -OCH3 is 2. The van der Waals surface area contributed by atoms with Crippen LogP contribution in [0.15, 0.2) is 40.9 Å². The molecule has 0 heterocycles. The molecular formula is C18H20BrFN2O3. The van der Waals surface area contributed by atoms with E-state index in [0.29, 0.717) is 22.5 Å². The first-order valence-corrected chi connectivity index (χ1v) is 8.36. The van der Waals surface area contributed by atoms with Crippen LogP contribution in [0.2, 0.25) is 0 Å². The molecule has 0 saturated heterocycles. The molecule has 1 N–H and O–H groups in total. The van der Waals surface area contributed by atoms with Gasteiger partial charge in [0, 0.05) is 11.0 Å². The summed E-state index contributed by atoms with van der Waals surface area (Å²) in [5, 5.41) is 2.57. The molecule has 0 aliphatic rings. The molecule has 0 fully saturated rings. The van der Waals surface area contributed by atoms with Crippen LogP contribution in [0.1, 0.15) is 5.56 Å². The number of hydrogen-bond acceptors (Lipinski definition) is 4. The second-order valence-corrected chi connectivity index (χ2v) is 6.45. The number of halogens is 2. The first-order chi connectivity index (χ1) is 11.9. The Hall–Kier alpha value is -2.12. The Bertz CT molecular complexity index is 755. The zero-order chi connectivity index (χ0) is 18.4. The number of hydrogen-bond donors (Lipinski definition) is 1. The predicted molar refractivity (Wildman–Crippen MR) is 98.6 cm³/mol. The zero-order valence-electron chi connectivity index (χ0n) is 14.3. The number of carbonyl (C=O) groups excluding carboxylic acids is 1. The number of nitrogens with one attached hydrogen (secondary N) is 1. The normalized spacial score (nSPS) is 10.6. The highest BCUT2D eigenvalue weighted by Crippen LogP contribution is 2.28. The minimum absolute atomic E-state index is 0.129. The van der Waals surface area contributed by atoms with Gasteiger partial charge in [-0.3, -0.25) is 9.69 Å². The Morgan fingerprint density at radius 3 is 2.52 bits per heavy atom. The Balaban J connectivity index is 1.95. The number of nitrogens with zero attached hydrogens (tertiary/aromatic N) is 1. The van der Waals surface area contributed by atoms with Crippen LogP contribution in [0, 0.1) is 5.82 Å². The molecule has 0 aliphatic heterocycles. The zero-order valence-corrected chi connectivity index (χ0v) is 15.9. The van der Waals surface area contributed by atoms with Crippen molar-refractivity contribution >= 4 is 27.5 Å². The minimum atomic E-state index is -0.481. The van der Waals surface area contributed by atoms with E-state index in [1.807, 2.05) is 30.1 Å². The first-order valence-electron chi connectivity index (χ1n) is 7.57. The molecule has 134 valence electrons. The lowest BCUT2D eigenvalue weighted by Gasteiger charge is -2.17. The highest BCUT2D eigenvalue weighted by Gasteiger charge is 2.12. The molecule has 1 amide bonds. The molecule has 0 bridgehead atoms. The van der Waals surface area contributed by atoms with Crippen molar-refractivity contribution in [2.75, 3.05) is 33.1 Å². The summed E-state index contributed by atoms with van der Waals surface area (Å²) in [4.78, 5) is 13.9. The Kier molecular flexibility index (Phi) is 6.78. The second kappa shape index (κ2) is 8.82. The largest absolute Gasteiger partial charge is 0.493 e. The maximum atomic E-state index is 13.8. The van der Waals surface area contributed by atoms with Gasteiger partial charge in [0.05, 0.1) is 26.5 Å². The number of rotatable bonds is 7. The lowest BCUT2D eigenvalue weighted by Crippen LogP contribution is -2.30. The summed E-state index contributed by atoms with van der Waals surface area (Å²) >= 11 is 3.18. The minimum Gasteiger partial charge on any atom is -0.493 e. The molecule has 5 nitrogen and oxygen atoms in total. The molecule has 0 spiro atoms. The van der Waals surface area contributed by atoms with Crippen molar-refractivity contribution in [2.24, 2.45) is 0 Å². The molecule has 25 heavy (non-hydrogen) atoms. The summed E-state index contributed by atoms with van der Waals surface area (Å²) in [7, 11) is 4.97. The van der Waals surface area contributed by atoms with E-state index in [1.165, 1.54) is 12.1 Å². The summed E-state index contributed by atoms with van der Waals surface area (Å²) in [6, 6.07) is 10.1. The van der Waals surface area contributed by atoms with Crippen LogP contribution < -0.4 is 14.8 Å². The van der Waals surface area contributed by atoms with Crippen LogP contribution in [-0.4, -0.2) is 38.6 Å². The molecular weight excluding hydrogens is 391 g/mol. The molecule has 0 aliphatic carbocycles. The van der Waals surface area contributed by atoms with Gasteiger partial charge in [-0.2, -0.15) is 0 Å². The van der Waals surface area contributed by atoms with Crippen molar-refractivity contribution in [3.05, 3.63) is 52.3 Å². The maximum Gasteiger partial charge on any atom is 0.238 e. The second-order valence-electron chi connectivity index (χ2n) is 5.53. The van der Waals surface area contributed by atoms with E-state index in [4.69, 9.17) is 9.47 Å². The number of carbonyl (C=O) groups is 1. The van der Waals surface area contributed by atoms with E-state index in [1.54, 1.807) is 20.3 Å². The fourth-order valence-electron chi connectivity index (χ4n) is 2.37. The van der Waals surface area contributed by atoms with Gasteiger partial charge in [0.2, 0.25) is 5.91 Å². The van der Waals surface area contributed by atoms with E-state index < -0.39 is 5.82 Å². The monoisotopic (exact) mass is 410 g/mol. The van der Waals surface area contributed by atoms with Gasteiger partial charge < -0.3 is 14.8 Å². The maximum absolute atomic E-state index is 13.8. The van der Waals surface area contributed by atoms with Gasteiger partial charge in [0.15, 0.2) is 11.5 Å².